The van der Waals surface area contributed by atoms with E-state index in [1.54, 1.807) is 4.90 Å². The van der Waals surface area contributed by atoms with Gasteiger partial charge in [-0.2, -0.15) is 0 Å². The number of carbonyl (C=O) groups is 2. The van der Waals surface area contributed by atoms with Crippen molar-refractivity contribution >= 4 is 11.8 Å². The van der Waals surface area contributed by atoms with Gasteiger partial charge >= 0.3 is 0 Å². The molecule has 2 aliphatic heterocycles. The van der Waals surface area contributed by atoms with Crippen LogP contribution >= 0.6 is 0 Å². The molecule has 1 aliphatic carbocycles. The molecule has 1 saturated carbocycles. The second-order valence-corrected chi connectivity index (χ2v) is 6.34. The van der Waals surface area contributed by atoms with Crippen LogP contribution in [0.25, 0.3) is 0 Å². The lowest BCUT2D eigenvalue weighted by molar-refractivity contribution is -0.143. The molecule has 0 radical (unpaired) electrons. The number of hydrogen-bond acceptors (Lipinski definition) is 3. The van der Waals surface area contributed by atoms with E-state index >= 15 is 0 Å². The molecule has 0 aromatic carbocycles. The Balaban J connectivity index is 1.76. The van der Waals surface area contributed by atoms with Gasteiger partial charge in [-0.15, -0.1) is 0 Å². The van der Waals surface area contributed by atoms with Gasteiger partial charge in [-0.1, -0.05) is 19.3 Å². The fourth-order valence-electron chi connectivity index (χ4n) is 4.06. The standard InChI is InChI=1S/C15H24N2O2/c1-10(13-8-4-5-9-16-13)17-14(18)11-6-2-3-7-12(11)15(17)19/h10-13,16H,2-9H2,1H3. The predicted molar refractivity (Wildman–Crippen MR) is 72.4 cm³/mol. The summed E-state index contributed by atoms with van der Waals surface area (Å²) in [5.41, 5.74) is 0. The number of piperidine rings is 1. The number of carbonyl (C=O) groups excluding carboxylic acids is 2. The molecule has 4 unspecified atom stereocenters. The smallest absolute Gasteiger partial charge is 0.233 e. The molecule has 4 atom stereocenters. The first-order chi connectivity index (χ1) is 9.20. The van der Waals surface area contributed by atoms with Crippen molar-refractivity contribution in [1.82, 2.24) is 10.2 Å². The van der Waals surface area contributed by atoms with Crippen LogP contribution in [0.3, 0.4) is 0 Å². The fourth-order valence-corrected chi connectivity index (χ4v) is 4.06. The Morgan fingerprint density at radius 2 is 1.58 bits per heavy atom. The highest BCUT2D eigenvalue weighted by molar-refractivity contribution is 6.05. The van der Waals surface area contributed by atoms with Crippen LogP contribution in [0.5, 0.6) is 0 Å². The van der Waals surface area contributed by atoms with Gasteiger partial charge < -0.3 is 5.32 Å². The molecule has 3 rings (SSSR count). The van der Waals surface area contributed by atoms with Crippen LogP contribution in [-0.4, -0.2) is 35.3 Å². The molecule has 0 aromatic heterocycles. The van der Waals surface area contributed by atoms with E-state index < -0.39 is 0 Å². The van der Waals surface area contributed by atoms with Crippen LogP contribution in [0.2, 0.25) is 0 Å². The summed E-state index contributed by atoms with van der Waals surface area (Å²) in [5, 5.41) is 3.47. The van der Waals surface area contributed by atoms with Crippen molar-refractivity contribution in [1.29, 1.82) is 0 Å². The summed E-state index contributed by atoms with van der Waals surface area (Å²) in [7, 11) is 0. The molecule has 3 aliphatic rings. The SMILES string of the molecule is CC(C1CCCCN1)N1C(=O)C2CCCCC2C1=O. The molecule has 106 valence electrons. The third-order valence-corrected chi connectivity index (χ3v) is 5.21. The lowest BCUT2D eigenvalue weighted by Crippen LogP contribution is -2.52. The maximum Gasteiger partial charge on any atom is 0.233 e. The summed E-state index contributed by atoms with van der Waals surface area (Å²) >= 11 is 0. The van der Waals surface area contributed by atoms with Gasteiger partial charge in [0.15, 0.2) is 0 Å². The molecule has 2 heterocycles. The van der Waals surface area contributed by atoms with E-state index in [1.807, 2.05) is 6.92 Å². The van der Waals surface area contributed by atoms with Gasteiger partial charge in [-0.25, -0.2) is 0 Å². The van der Waals surface area contributed by atoms with Gasteiger partial charge in [0.05, 0.1) is 17.9 Å². The van der Waals surface area contributed by atoms with Crippen LogP contribution < -0.4 is 5.32 Å². The summed E-state index contributed by atoms with van der Waals surface area (Å²) in [6.45, 7) is 3.05. The topological polar surface area (TPSA) is 49.4 Å². The first-order valence-electron chi connectivity index (χ1n) is 7.80. The highest BCUT2D eigenvalue weighted by Gasteiger charge is 2.50. The van der Waals surface area contributed by atoms with Gasteiger partial charge in [0.1, 0.15) is 0 Å². The number of nitrogens with one attached hydrogen (secondary N) is 1. The van der Waals surface area contributed by atoms with E-state index in [2.05, 4.69) is 5.32 Å². The van der Waals surface area contributed by atoms with Crippen molar-refractivity contribution in [2.45, 2.75) is 64.0 Å². The first-order valence-corrected chi connectivity index (χ1v) is 7.80. The highest BCUT2D eigenvalue weighted by Crippen LogP contribution is 2.39. The monoisotopic (exact) mass is 264 g/mol. The second-order valence-electron chi connectivity index (χ2n) is 6.34. The Kier molecular flexibility index (Phi) is 3.61. The average molecular weight is 264 g/mol. The lowest BCUT2D eigenvalue weighted by Gasteiger charge is -2.34. The number of amides is 2. The molecule has 0 aromatic rings. The van der Waals surface area contributed by atoms with E-state index in [-0.39, 0.29) is 29.7 Å². The normalized spacial score (nSPS) is 37.3. The first kappa shape index (κ1) is 13.1. The van der Waals surface area contributed by atoms with Crippen molar-refractivity contribution < 1.29 is 9.59 Å². The van der Waals surface area contributed by atoms with Crippen molar-refractivity contribution in [3.05, 3.63) is 0 Å². The Hall–Kier alpha value is -0.900. The predicted octanol–water partition coefficient (Wildman–Crippen LogP) is 1.69. The lowest BCUT2D eigenvalue weighted by atomic mass is 9.81. The number of hydrogen-bond donors (Lipinski definition) is 1. The van der Waals surface area contributed by atoms with E-state index in [0.29, 0.717) is 6.04 Å². The van der Waals surface area contributed by atoms with Crippen LogP contribution in [0.15, 0.2) is 0 Å². The molecule has 4 heteroatoms. The van der Waals surface area contributed by atoms with Crippen LogP contribution in [0, 0.1) is 11.8 Å². The molecule has 2 saturated heterocycles. The van der Waals surface area contributed by atoms with Gasteiger partial charge in [0.25, 0.3) is 0 Å². The van der Waals surface area contributed by atoms with Crippen LogP contribution in [0.1, 0.15) is 51.9 Å². The van der Waals surface area contributed by atoms with Crippen molar-refractivity contribution in [3.63, 3.8) is 0 Å². The third-order valence-electron chi connectivity index (χ3n) is 5.21. The molecule has 1 N–H and O–H groups in total. The Morgan fingerprint density at radius 1 is 1.00 bits per heavy atom. The van der Waals surface area contributed by atoms with Crippen molar-refractivity contribution in [3.8, 4) is 0 Å². The maximum atomic E-state index is 12.5. The second kappa shape index (κ2) is 5.23. The Morgan fingerprint density at radius 3 is 2.11 bits per heavy atom. The molecule has 4 nitrogen and oxygen atoms in total. The molecule has 0 bridgehead atoms. The minimum Gasteiger partial charge on any atom is -0.312 e. The maximum absolute atomic E-state index is 12.5. The molecule has 19 heavy (non-hydrogen) atoms. The van der Waals surface area contributed by atoms with Crippen molar-refractivity contribution in [2.24, 2.45) is 11.8 Å². The molecule has 0 spiro atoms. The van der Waals surface area contributed by atoms with E-state index in [4.69, 9.17) is 0 Å². The molecular weight excluding hydrogens is 240 g/mol. The summed E-state index contributed by atoms with van der Waals surface area (Å²) in [5.74, 6) is 0.198. The number of rotatable bonds is 2. The minimum absolute atomic E-state index is 0.00714. The Bertz CT molecular complexity index is 352. The van der Waals surface area contributed by atoms with E-state index in [1.165, 1.54) is 12.8 Å². The van der Waals surface area contributed by atoms with E-state index in [9.17, 15) is 9.59 Å². The number of likely N-dealkylation sites (tertiary alicyclic amines) is 1. The summed E-state index contributed by atoms with van der Waals surface area (Å²) in [4.78, 5) is 26.6. The summed E-state index contributed by atoms with van der Waals surface area (Å²) < 4.78 is 0. The minimum atomic E-state index is -0.00714. The van der Waals surface area contributed by atoms with Crippen molar-refractivity contribution in [2.75, 3.05) is 6.54 Å². The van der Waals surface area contributed by atoms with Gasteiger partial charge in [0.2, 0.25) is 11.8 Å². The average Bonchev–Trinajstić information content (AvgIpc) is 2.72. The van der Waals surface area contributed by atoms with Gasteiger partial charge in [-0.3, -0.25) is 14.5 Å². The quantitative estimate of drug-likeness (QED) is 0.772. The molecular formula is C15H24N2O2. The summed E-state index contributed by atoms with van der Waals surface area (Å²) in [6, 6.07) is 0.313. The van der Waals surface area contributed by atoms with Gasteiger partial charge in [-0.05, 0) is 39.2 Å². The molecule has 3 fully saturated rings. The van der Waals surface area contributed by atoms with Crippen LogP contribution in [0.4, 0.5) is 0 Å². The fraction of sp³-hybridized carbons (Fsp3) is 0.867. The molecule has 2 amide bonds. The number of fused-ring (bicyclic) bond motifs is 1. The number of imide groups is 1. The highest BCUT2D eigenvalue weighted by atomic mass is 16.2. The van der Waals surface area contributed by atoms with Gasteiger partial charge in [0, 0.05) is 6.04 Å². The third kappa shape index (κ3) is 2.20. The zero-order chi connectivity index (χ0) is 13.4. The summed E-state index contributed by atoms with van der Waals surface area (Å²) in [6.07, 6.45) is 7.51. The van der Waals surface area contributed by atoms with Crippen LogP contribution in [-0.2, 0) is 9.59 Å². The number of nitrogens with zero attached hydrogens (tertiary/aromatic N) is 1. The Labute approximate surface area is 114 Å². The van der Waals surface area contributed by atoms with E-state index in [0.717, 1.165) is 38.6 Å². The zero-order valence-electron chi connectivity index (χ0n) is 11.7. The largest absolute Gasteiger partial charge is 0.312 e. The zero-order valence-corrected chi connectivity index (χ0v) is 11.7.